The normalized spacial score (nSPS) is 16.7. The van der Waals surface area contributed by atoms with E-state index >= 15 is 0 Å². The van der Waals surface area contributed by atoms with E-state index in [0.29, 0.717) is 6.54 Å². The number of hydrogen-bond acceptors (Lipinski definition) is 2. The van der Waals surface area contributed by atoms with Gasteiger partial charge in [0.25, 0.3) is 5.91 Å². The SMILES string of the molecule is CCCN1C(=O)NC(c2ccccc2)(c2ccccc2)C1=O. The molecule has 0 aromatic heterocycles. The van der Waals surface area contributed by atoms with Crippen LogP contribution in [0.1, 0.15) is 24.5 Å². The molecule has 22 heavy (non-hydrogen) atoms. The zero-order valence-electron chi connectivity index (χ0n) is 12.5. The highest BCUT2D eigenvalue weighted by Gasteiger charge is 2.53. The van der Waals surface area contributed by atoms with Crippen molar-refractivity contribution in [1.29, 1.82) is 0 Å². The fourth-order valence-corrected chi connectivity index (χ4v) is 2.94. The number of urea groups is 1. The van der Waals surface area contributed by atoms with Crippen molar-refractivity contribution in [3.8, 4) is 0 Å². The number of amides is 3. The quantitative estimate of drug-likeness (QED) is 0.881. The van der Waals surface area contributed by atoms with Gasteiger partial charge in [0.15, 0.2) is 5.54 Å². The summed E-state index contributed by atoms with van der Waals surface area (Å²) in [7, 11) is 0. The number of rotatable bonds is 4. The van der Waals surface area contributed by atoms with Gasteiger partial charge < -0.3 is 5.32 Å². The molecule has 3 rings (SSSR count). The summed E-state index contributed by atoms with van der Waals surface area (Å²) in [6.07, 6.45) is 0.735. The predicted molar refractivity (Wildman–Crippen MR) is 84.2 cm³/mol. The molecule has 4 heteroatoms. The van der Waals surface area contributed by atoms with Gasteiger partial charge in [-0.15, -0.1) is 0 Å². The molecule has 0 spiro atoms. The summed E-state index contributed by atoms with van der Waals surface area (Å²) < 4.78 is 0. The Morgan fingerprint density at radius 3 is 1.86 bits per heavy atom. The lowest BCUT2D eigenvalue weighted by Crippen LogP contribution is -2.45. The topological polar surface area (TPSA) is 49.4 Å². The number of nitrogens with one attached hydrogen (secondary N) is 1. The van der Waals surface area contributed by atoms with Crippen molar-refractivity contribution >= 4 is 11.9 Å². The summed E-state index contributed by atoms with van der Waals surface area (Å²) in [6, 6.07) is 18.5. The van der Waals surface area contributed by atoms with Crippen LogP contribution in [0.25, 0.3) is 0 Å². The second-order valence-corrected chi connectivity index (χ2v) is 5.37. The summed E-state index contributed by atoms with van der Waals surface area (Å²) in [4.78, 5) is 26.7. The Kier molecular flexibility index (Phi) is 3.67. The van der Waals surface area contributed by atoms with Crippen LogP contribution in [0.15, 0.2) is 60.7 Å². The number of nitrogens with zero attached hydrogens (tertiary/aromatic N) is 1. The van der Waals surface area contributed by atoms with Gasteiger partial charge in [0, 0.05) is 6.54 Å². The number of imide groups is 1. The maximum atomic E-state index is 13.1. The van der Waals surface area contributed by atoms with E-state index in [1.54, 1.807) is 0 Å². The Hall–Kier alpha value is -2.62. The lowest BCUT2D eigenvalue weighted by Gasteiger charge is -2.28. The smallest absolute Gasteiger partial charge is 0.315 e. The molecule has 112 valence electrons. The fourth-order valence-electron chi connectivity index (χ4n) is 2.94. The van der Waals surface area contributed by atoms with Crippen LogP contribution in [-0.4, -0.2) is 23.4 Å². The summed E-state index contributed by atoms with van der Waals surface area (Å²) in [5, 5.41) is 2.92. The maximum absolute atomic E-state index is 13.1. The Labute approximate surface area is 129 Å². The minimum absolute atomic E-state index is 0.211. The highest BCUT2D eigenvalue weighted by molar-refractivity contribution is 6.09. The molecule has 1 aliphatic heterocycles. The Bertz CT molecular complexity index is 643. The first-order chi connectivity index (χ1) is 10.7. The zero-order chi connectivity index (χ0) is 15.6. The third kappa shape index (κ3) is 2.08. The largest absolute Gasteiger partial charge is 0.325 e. The lowest BCUT2D eigenvalue weighted by atomic mass is 9.82. The van der Waals surface area contributed by atoms with Gasteiger partial charge in [-0.05, 0) is 17.5 Å². The van der Waals surface area contributed by atoms with E-state index in [9.17, 15) is 9.59 Å². The van der Waals surface area contributed by atoms with E-state index in [4.69, 9.17) is 0 Å². The number of hydrogen-bond donors (Lipinski definition) is 1. The van der Waals surface area contributed by atoms with Crippen molar-refractivity contribution in [2.24, 2.45) is 0 Å². The second kappa shape index (κ2) is 5.64. The molecule has 0 saturated carbocycles. The highest BCUT2D eigenvalue weighted by Crippen LogP contribution is 2.35. The van der Waals surface area contributed by atoms with Crippen molar-refractivity contribution in [2.75, 3.05) is 6.54 Å². The average Bonchev–Trinajstić information content (AvgIpc) is 2.82. The van der Waals surface area contributed by atoms with Crippen LogP contribution < -0.4 is 5.32 Å². The van der Waals surface area contributed by atoms with Crippen LogP contribution in [0.5, 0.6) is 0 Å². The second-order valence-electron chi connectivity index (χ2n) is 5.37. The molecule has 1 fully saturated rings. The van der Waals surface area contributed by atoms with Crippen LogP contribution in [-0.2, 0) is 10.3 Å². The lowest BCUT2D eigenvalue weighted by molar-refractivity contribution is -0.130. The molecular formula is C18H18N2O2. The number of carbonyl (C=O) groups is 2. The predicted octanol–water partition coefficient (Wildman–Crippen LogP) is 2.89. The third-order valence-corrected chi connectivity index (χ3v) is 3.97. The van der Waals surface area contributed by atoms with Crippen molar-refractivity contribution in [3.05, 3.63) is 71.8 Å². The van der Waals surface area contributed by atoms with Gasteiger partial charge in [-0.2, -0.15) is 0 Å². The molecule has 1 aliphatic rings. The van der Waals surface area contributed by atoms with E-state index in [1.165, 1.54) is 4.90 Å². The Morgan fingerprint density at radius 2 is 1.41 bits per heavy atom. The van der Waals surface area contributed by atoms with Gasteiger partial charge in [0.05, 0.1) is 0 Å². The molecule has 0 radical (unpaired) electrons. The van der Waals surface area contributed by atoms with Crippen LogP contribution in [0, 0.1) is 0 Å². The molecule has 0 aliphatic carbocycles. The molecule has 3 amide bonds. The molecule has 1 heterocycles. The Balaban J connectivity index is 2.18. The summed E-state index contributed by atoms with van der Waals surface area (Å²) in [5.41, 5.74) is 0.422. The molecule has 2 aromatic rings. The van der Waals surface area contributed by atoms with Crippen LogP contribution in [0.4, 0.5) is 4.79 Å². The number of benzene rings is 2. The van der Waals surface area contributed by atoms with Gasteiger partial charge in [0.1, 0.15) is 0 Å². The van der Waals surface area contributed by atoms with Gasteiger partial charge >= 0.3 is 6.03 Å². The van der Waals surface area contributed by atoms with E-state index in [0.717, 1.165) is 17.5 Å². The van der Waals surface area contributed by atoms with E-state index in [1.807, 2.05) is 67.6 Å². The third-order valence-electron chi connectivity index (χ3n) is 3.97. The van der Waals surface area contributed by atoms with Gasteiger partial charge in [-0.3, -0.25) is 9.69 Å². The highest BCUT2D eigenvalue weighted by atomic mass is 16.2. The van der Waals surface area contributed by atoms with E-state index in [2.05, 4.69) is 5.32 Å². The first-order valence-corrected chi connectivity index (χ1v) is 7.45. The van der Waals surface area contributed by atoms with Crippen LogP contribution >= 0.6 is 0 Å². The summed E-state index contributed by atoms with van der Waals surface area (Å²) >= 11 is 0. The molecule has 4 nitrogen and oxygen atoms in total. The van der Waals surface area contributed by atoms with Gasteiger partial charge in [-0.25, -0.2) is 4.79 Å². The van der Waals surface area contributed by atoms with Crippen molar-refractivity contribution < 1.29 is 9.59 Å². The molecule has 2 aromatic carbocycles. The maximum Gasteiger partial charge on any atom is 0.325 e. The molecule has 1 saturated heterocycles. The Morgan fingerprint density at radius 1 is 0.909 bits per heavy atom. The standard InChI is InChI=1S/C18H18N2O2/c1-2-13-20-16(21)18(19-17(20)22,14-9-5-3-6-10-14)15-11-7-4-8-12-15/h3-12H,2,13H2,1H3,(H,19,22). The molecule has 0 unspecified atom stereocenters. The van der Waals surface area contributed by atoms with Crippen molar-refractivity contribution in [2.45, 2.75) is 18.9 Å². The molecule has 0 bridgehead atoms. The number of carbonyl (C=O) groups excluding carboxylic acids is 2. The monoisotopic (exact) mass is 294 g/mol. The van der Waals surface area contributed by atoms with E-state index in [-0.39, 0.29) is 11.9 Å². The van der Waals surface area contributed by atoms with Gasteiger partial charge in [-0.1, -0.05) is 67.6 Å². The minimum atomic E-state index is -1.13. The first kappa shape index (κ1) is 14.3. The van der Waals surface area contributed by atoms with Crippen LogP contribution in [0.2, 0.25) is 0 Å². The summed E-state index contributed by atoms with van der Waals surface area (Å²) in [5.74, 6) is -0.211. The van der Waals surface area contributed by atoms with E-state index < -0.39 is 5.54 Å². The zero-order valence-corrected chi connectivity index (χ0v) is 12.5. The van der Waals surface area contributed by atoms with Gasteiger partial charge in [0.2, 0.25) is 0 Å². The first-order valence-electron chi connectivity index (χ1n) is 7.45. The minimum Gasteiger partial charge on any atom is -0.315 e. The molecule has 1 N–H and O–H groups in total. The fraction of sp³-hybridized carbons (Fsp3) is 0.222. The van der Waals surface area contributed by atoms with Crippen molar-refractivity contribution in [3.63, 3.8) is 0 Å². The molecular weight excluding hydrogens is 276 g/mol. The molecule has 0 atom stereocenters. The van der Waals surface area contributed by atoms with Crippen molar-refractivity contribution in [1.82, 2.24) is 10.2 Å². The van der Waals surface area contributed by atoms with Crippen LogP contribution in [0.3, 0.4) is 0 Å². The average molecular weight is 294 g/mol. The summed E-state index contributed by atoms with van der Waals surface area (Å²) in [6.45, 7) is 2.37.